The monoisotopic (exact) mass is 300 g/mol. The first kappa shape index (κ1) is 15.7. The Morgan fingerprint density at radius 1 is 1.50 bits per heavy atom. The highest BCUT2D eigenvalue weighted by atomic mass is 19.1. The average molecular weight is 300 g/mol. The molecule has 2 aromatic rings. The average Bonchev–Trinajstić information content (AvgIpc) is 2.88. The Bertz CT molecular complexity index is 730. The molecule has 1 N–H and O–H groups in total. The van der Waals surface area contributed by atoms with Gasteiger partial charge in [0.15, 0.2) is 0 Å². The van der Waals surface area contributed by atoms with Crippen LogP contribution in [0.4, 0.5) is 10.1 Å². The number of aromatic nitrogens is 2. The lowest BCUT2D eigenvalue weighted by atomic mass is 10.2. The van der Waals surface area contributed by atoms with Crippen molar-refractivity contribution in [2.75, 3.05) is 5.32 Å². The van der Waals surface area contributed by atoms with E-state index in [0.717, 1.165) is 31.1 Å². The highest BCUT2D eigenvalue weighted by Gasteiger charge is 2.15. The van der Waals surface area contributed by atoms with E-state index in [2.05, 4.69) is 17.3 Å². The molecule has 0 spiro atoms. The second kappa shape index (κ2) is 6.85. The van der Waals surface area contributed by atoms with Gasteiger partial charge in [-0.3, -0.25) is 9.48 Å². The molecule has 0 fully saturated rings. The van der Waals surface area contributed by atoms with E-state index >= 15 is 0 Å². The Kier molecular flexibility index (Phi) is 4.89. The molecule has 0 bridgehead atoms. The van der Waals surface area contributed by atoms with Crippen LogP contribution in [0.25, 0.3) is 0 Å². The Balaban J connectivity index is 2.16. The van der Waals surface area contributed by atoms with Crippen molar-refractivity contribution in [3.05, 3.63) is 47.0 Å². The molecular weight excluding hydrogens is 283 g/mol. The van der Waals surface area contributed by atoms with Crippen molar-refractivity contribution >= 4 is 11.6 Å². The zero-order valence-electron chi connectivity index (χ0n) is 12.6. The van der Waals surface area contributed by atoms with Crippen molar-refractivity contribution in [3.8, 4) is 6.07 Å². The van der Waals surface area contributed by atoms with E-state index in [1.165, 1.54) is 18.3 Å². The summed E-state index contributed by atoms with van der Waals surface area (Å²) < 4.78 is 15.1. The van der Waals surface area contributed by atoms with Crippen LogP contribution in [0.3, 0.4) is 0 Å². The van der Waals surface area contributed by atoms with Gasteiger partial charge in [-0.15, -0.1) is 0 Å². The topological polar surface area (TPSA) is 70.7 Å². The van der Waals surface area contributed by atoms with Crippen LogP contribution in [0.15, 0.2) is 24.4 Å². The number of nitrogens with one attached hydrogen (secondary N) is 1. The Labute approximate surface area is 128 Å². The van der Waals surface area contributed by atoms with Crippen molar-refractivity contribution in [2.24, 2.45) is 0 Å². The van der Waals surface area contributed by atoms with Gasteiger partial charge in [-0.2, -0.15) is 10.4 Å². The number of amides is 1. The van der Waals surface area contributed by atoms with Gasteiger partial charge in [-0.05, 0) is 31.5 Å². The number of benzene rings is 1. The third-order valence-electron chi connectivity index (χ3n) is 3.42. The first-order valence-corrected chi connectivity index (χ1v) is 7.10. The molecule has 0 radical (unpaired) electrons. The number of aryl methyl sites for hydroxylation is 1. The summed E-state index contributed by atoms with van der Waals surface area (Å²) in [5.41, 5.74) is 1.53. The van der Waals surface area contributed by atoms with Gasteiger partial charge < -0.3 is 5.32 Å². The summed E-state index contributed by atoms with van der Waals surface area (Å²) in [6, 6.07) is 5.63. The number of unbranched alkanes of at least 4 members (excludes halogenated alkanes) is 1. The number of carbonyl (C=O) groups excluding carboxylic acids is 1. The zero-order chi connectivity index (χ0) is 16.1. The predicted molar refractivity (Wildman–Crippen MR) is 80.9 cm³/mol. The number of anilines is 1. The number of halogens is 1. The van der Waals surface area contributed by atoms with E-state index in [4.69, 9.17) is 5.26 Å². The maximum Gasteiger partial charge on any atom is 0.259 e. The molecule has 6 heteroatoms. The van der Waals surface area contributed by atoms with Crippen LogP contribution < -0.4 is 5.32 Å². The van der Waals surface area contributed by atoms with Crippen LogP contribution in [0.2, 0.25) is 0 Å². The minimum atomic E-state index is -0.607. The summed E-state index contributed by atoms with van der Waals surface area (Å²) in [5.74, 6) is -0.931. The predicted octanol–water partition coefficient (Wildman–Crippen LogP) is 3.25. The minimum Gasteiger partial charge on any atom is -0.322 e. The fourth-order valence-corrected chi connectivity index (χ4v) is 2.09. The molecule has 1 heterocycles. The molecular formula is C16H17FN4O. The van der Waals surface area contributed by atoms with Gasteiger partial charge in [0.05, 0.1) is 17.3 Å². The lowest BCUT2D eigenvalue weighted by molar-refractivity contribution is 0.102. The summed E-state index contributed by atoms with van der Waals surface area (Å²) in [7, 11) is 0. The number of hydrogen-bond acceptors (Lipinski definition) is 3. The van der Waals surface area contributed by atoms with Crippen molar-refractivity contribution < 1.29 is 9.18 Å². The molecule has 114 valence electrons. The summed E-state index contributed by atoms with van der Waals surface area (Å²) in [4.78, 5) is 12.3. The second-order valence-corrected chi connectivity index (χ2v) is 4.98. The Morgan fingerprint density at radius 2 is 2.27 bits per heavy atom. The number of nitriles is 1. The Hall–Kier alpha value is -2.68. The molecule has 0 saturated heterocycles. The van der Waals surface area contributed by atoms with E-state index in [0.29, 0.717) is 11.3 Å². The standard InChI is InChI=1S/C16H17FN4O/c1-3-4-7-21-11(2)14(10-19-21)16(22)20-13-5-6-15(17)12(8-13)9-18/h5-6,8,10H,3-4,7H2,1-2H3,(H,20,22). The van der Waals surface area contributed by atoms with Crippen LogP contribution in [0.1, 0.15) is 41.4 Å². The lowest BCUT2D eigenvalue weighted by Gasteiger charge is -2.07. The van der Waals surface area contributed by atoms with Crippen LogP contribution in [0.5, 0.6) is 0 Å². The maximum atomic E-state index is 13.3. The van der Waals surface area contributed by atoms with Crippen LogP contribution in [0, 0.1) is 24.1 Å². The highest BCUT2D eigenvalue weighted by molar-refractivity contribution is 6.04. The fourth-order valence-electron chi connectivity index (χ4n) is 2.09. The van der Waals surface area contributed by atoms with Crippen LogP contribution in [-0.2, 0) is 6.54 Å². The van der Waals surface area contributed by atoms with Crippen molar-refractivity contribution in [1.82, 2.24) is 9.78 Å². The number of hydrogen-bond donors (Lipinski definition) is 1. The summed E-state index contributed by atoms with van der Waals surface area (Å²) in [6.45, 7) is 4.70. The lowest BCUT2D eigenvalue weighted by Crippen LogP contribution is -2.13. The maximum absolute atomic E-state index is 13.3. The first-order chi connectivity index (χ1) is 10.6. The second-order valence-electron chi connectivity index (χ2n) is 4.98. The van der Waals surface area contributed by atoms with Crippen LogP contribution in [-0.4, -0.2) is 15.7 Å². The van der Waals surface area contributed by atoms with Crippen molar-refractivity contribution in [1.29, 1.82) is 5.26 Å². The first-order valence-electron chi connectivity index (χ1n) is 7.10. The van der Waals surface area contributed by atoms with Crippen molar-refractivity contribution in [3.63, 3.8) is 0 Å². The van der Waals surface area contributed by atoms with E-state index in [1.807, 2.05) is 6.92 Å². The van der Waals surface area contributed by atoms with Gasteiger partial charge >= 0.3 is 0 Å². The summed E-state index contributed by atoms with van der Waals surface area (Å²) in [6.07, 6.45) is 3.56. The minimum absolute atomic E-state index is 0.104. The fraction of sp³-hybridized carbons (Fsp3) is 0.312. The molecule has 1 amide bonds. The zero-order valence-corrected chi connectivity index (χ0v) is 12.6. The van der Waals surface area contributed by atoms with E-state index in [1.54, 1.807) is 10.8 Å². The SMILES string of the molecule is CCCCn1ncc(C(=O)Nc2ccc(F)c(C#N)c2)c1C. The van der Waals surface area contributed by atoms with Gasteiger partial charge in [0, 0.05) is 17.9 Å². The molecule has 0 aliphatic carbocycles. The smallest absolute Gasteiger partial charge is 0.259 e. The van der Waals surface area contributed by atoms with Gasteiger partial charge in [-0.1, -0.05) is 13.3 Å². The number of nitrogens with zero attached hydrogens (tertiary/aromatic N) is 3. The van der Waals surface area contributed by atoms with E-state index in [-0.39, 0.29) is 11.5 Å². The molecule has 0 aliphatic heterocycles. The number of rotatable bonds is 5. The summed E-state index contributed by atoms with van der Waals surface area (Å²) >= 11 is 0. The largest absolute Gasteiger partial charge is 0.322 e. The van der Waals surface area contributed by atoms with Gasteiger partial charge in [-0.25, -0.2) is 4.39 Å². The number of carbonyl (C=O) groups is 1. The molecule has 0 aliphatic rings. The van der Waals surface area contributed by atoms with E-state index in [9.17, 15) is 9.18 Å². The summed E-state index contributed by atoms with van der Waals surface area (Å²) in [5, 5.41) is 15.7. The third-order valence-corrected chi connectivity index (χ3v) is 3.42. The quantitative estimate of drug-likeness (QED) is 0.921. The van der Waals surface area contributed by atoms with E-state index < -0.39 is 5.82 Å². The highest BCUT2D eigenvalue weighted by Crippen LogP contribution is 2.16. The molecule has 1 aromatic carbocycles. The van der Waals surface area contributed by atoms with Crippen LogP contribution >= 0.6 is 0 Å². The molecule has 1 aromatic heterocycles. The van der Waals surface area contributed by atoms with Gasteiger partial charge in [0.25, 0.3) is 5.91 Å². The third kappa shape index (κ3) is 3.31. The van der Waals surface area contributed by atoms with Gasteiger partial charge in [0.2, 0.25) is 0 Å². The molecule has 0 atom stereocenters. The molecule has 2 rings (SSSR count). The molecule has 22 heavy (non-hydrogen) atoms. The molecule has 0 unspecified atom stereocenters. The normalized spacial score (nSPS) is 10.3. The molecule has 0 saturated carbocycles. The molecule has 5 nitrogen and oxygen atoms in total. The Morgan fingerprint density at radius 3 is 2.95 bits per heavy atom. The van der Waals surface area contributed by atoms with Gasteiger partial charge in [0.1, 0.15) is 11.9 Å². The van der Waals surface area contributed by atoms with Crippen molar-refractivity contribution in [2.45, 2.75) is 33.2 Å².